The summed E-state index contributed by atoms with van der Waals surface area (Å²) in [6, 6.07) is 1.76. The van der Waals surface area contributed by atoms with Crippen LogP contribution in [0.5, 0.6) is 0 Å². The maximum atomic E-state index is 11.5. The number of rotatable bonds is 7. The lowest BCUT2D eigenvalue weighted by atomic mass is 10.3. The Kier molecular flexibility index (Phi) is 6.74. The highest BCUT2D eigenvalue weighted by Gasteiger charge is 2.18. The molecule has 92 valence electrons. The first kappa shape index (κ1) is 14.9. The Balaban J connectivity index is 4.18. The van der Waals surface area contributed by atoms with Gasteiger partial charge >= 0.3 is 0 Å². The van der Waals surface area contributed by atoms with E-state index in [0.29, 0.717) is 6.54 Å². The van der Waals surface area contributed by atoms with Crippen molar-refractivity contribution in [3.8, 4) is 6.07 Å². The molecule has 0 atom stereocenters. The fourth-order valence-corrected chi connectivity index (χ4v) is 2.23. The summed E-state index contributed by atoms with van der Waals surface area (Å²) in [7, 11) is -1.83. The summed E-state index contributed by atoms with van der Waals surface area (Å²) in [4.78, 5) is 12.9. The Labute approximate surface area is 97.0 Å². The molecule has 0 aromatic carbocycles. The topological polar surface area (TPSA) is 78.2 Å². The van der Waals surface area contributed by atoms with Crippen molar-refractivity contribution < 1.29 is 13.2 Å². The van der Waals surface area contributed by atoms with Crippen LogP contribution in [0.15, 0.2) is 0 Å². The number of nitrogens with zero attached hydrogens (tertiary/aromatic N) is 2. The number of unbranched alkanes of at least 4 members (excludes halogenated alkanes) is 1. The molecule has 0 unspecified atom stereocenters. The molecule has 0 fully saturated rings. The standard InChI is InChI=1S/C10H18N2O3S/c1-3-4-7-12(2)10(13)9-16(14,15)8-5-6-11/h3-5,7-9H2,1-2H3. The largest absolute Gasteiger partial charge is 0.345 e. The molecule has 0 aliphatic rings. The monoisotopic (exact) mass is 246 g/mol. The van der Waals surface area contributed by atoms with Crippen molar-refractivity contribution in [3.05, 3.63) is 0 Å². The van der Waals surface area contributed by atoms with E-state index >= 15 is 0 Å². The van der Waals surface area contributed by atoms with Gasteiger partial charge < -0.3 is 4.90 Å². The fraction of sp³-hybridized carbons (Fsp3) is 0.800. The molecular formula is C10H18N2O3S. The van der Waals surface area contributed by atoms with Gasteiger partial charge in [-0.25, -0.2) is 8.42 Å². The smallest absolute Gasteiger partial charge is 0.237 e. The minimum absolute atomic E-state index is 0.0612. The van der Waals surface area contributed by atoms with E-state index in [9.17, 15) is 13.2 Å². The number of nitriles is 1. The maximum absolute atomic E-state index is 11.5. The van der Waals surface area contributed by atoms with Crippen LogP contribution in [0.1, 0.15) is 26.2 Å². The SMILES string of the molecule is CCCCN(C)C(=O)CS(=O)(=O)CCC#N. The molecule has 0 spiro atoms. The normalized spacial score (nSPS) is 10.8. The Morgan fingerprint density at radius 2 is 2.06 bits per heavy atom. The summed E-state index contributed by atoms with van der Waals surface area (Å²) < 4.78 is 22.8. The van der Waals surface area contributed by atoms with Gasteiger partial charge in [0.25, 0.3) is 0 Å². The summed E-state index contributed by atoms with van der Waals surface area (Å²) in [6.45, 7) is 2.57. The Bertz CT molecular complexity index is 357. The number of carbonyl (C=O) groups is 1. The van der Waals surface area contributed by atoms with Crippen LogP contribution in [0.2, 0.25) is 0 Å². The Morgan fingerprint density at radius 3 is 2.56 bits per heavy atom. The van der Waals surface area contributed by atoms with Crippen LogP contribution >= 0.6 is 0 Å². The molecule has 0 saturated heterocycles. The predicted molar refractivity (Wildman–Crippen MR) is 61.4 cm³/mol. The van der Waals surface area contributed by atoms with Gasteiger partial charge in [-0.1, -0.05) is 13.3 Å². The van der Waals surface area contributed by atoms with E-state index in [4.69, 9.17) is 5.26 Å². The van der Waals surface area contributed by atoms with E-state index in [1.165, 1.54) is 4.90 Å². The number of amides is 1. The van der Waals surface area contributed by atoms with Crippen molar-refractivity contribution in [2.75, 3.05) is 25.1 Å². The zero-order valence-electron chi connectivity index (χ0n) is 9.77. The molecule has 1 amide bonds. The summed E-state index contributed by atoms with van der Waals surface area (Å²) in [6.07, 6.45) is 1.76. The maximum Gasteiger partial charge on any atom is 0.237 e. The van der Waals surface area contributed by atoms with Crippen LogP contribution in [0.4, 0.5) is 0 Å². The van der Waals surface area contributed by atoms with Crippen LogP contribution in [0, 0.1) is 11.3 Å². The Hall–Kier alpha value is -1.09. The molecule has 0 aromatic heterocycles. The molecule has 0 aliphatic carbocycles. The van der Waals surface area contributed by atoms with E-state index in [0.717, 1.165) is 12.8 Å². The highest BCUT2D eigenvalue weighted by molar-refractivity contribution is 7.92. The van der Waals surface area contributed by atoms with Gasteiger partial charge in [0, 0.05) is 20.0 Å². The van der Waals surface area contributed by atoms with E-state index in [2.05, 4.69) is 0 Å². The molecule has 0 saturated carbocycles. The first-order chi connectivity index (χ1) is 7.43. The summed E-state index contributed by atoms with van der Waals surface area (Å²) in [5, 5.41) is 8.28. The van der Waals surface area contributed by atoms with Crippen molar-refractivity contribution in [1.29, 1.82) is 5.26 Å². The minimum Gasteiger partial charge on any atom is -0.345 e. The zero-order chi connectivity index (χ0) is 12.6. The molecule has 0 N–H and O–H groups in total. The highest BCUT2D eigenvalue weighted by atomic mass is 32.2. The van der Waals surface area contributed by atoms with Gasteiger partial charge in [-0.15, -0.1) is 0 Å². The molecule has 0 bridgehead atoms. The van der Waals surface area contributed by atoms with Crippen molar-refractivity contribution >= 4 is 15.7 Å². The van der Waals surface area contributed by atoms with E-state index in [1.54, 1.807) is 13.1 Å². The first-order valence-electron chi connectivity index (χ1n) is 5.24. The molecule has 0 aliphatic heterocycles. The molecular weight excluding hydrogens is 228 g/mol. The second-order valence-corrected chi connectivity index (χ2v) is 5.85. The average Bonchev–Trinajstić information content (AvgIpc) is 2.22. The third-order valence-corrected chi connectivity index (χ3v) is 3.65. The minimum atomic E-state index is -3.43. The van der Waals surface area contributed by atoms with Crippen molar-refractivity contribution in [2.24, 2.45) is 0 Å². The lowest BCUT2D eigenvalue weighted by molar-refractivity contribution is -0.127. The van der Waals surface area contributed by atoms with Gasteiger partial charge in [-0.2, -0.15) is 5.26 Å². The number of sulfone groups is 1. The molecule has 0 heterocycles. The molecule has 5 nitrogen and oxygen atoms in total. The number of hydrogen-bond acceptors (Lipinski definition) is 4. The van der Waals surface area contributed by atoms with Gasteiger partial charge in [0.1, 0.15) is 5.75 Å². The van der Waals surface area contributed by atoms with Crippen molar-refractivity contribution in [3.63, 3.8) is 0 Å². The predicted octanol–water partition coefficient (Wildman–Crippen LogP) is 0.573. The van der Waals surface area contributed by atoms with Gasteiger partial charge in [0.05, 0.1) is 11.8 Å². The lowest BCUT2D eigenvalue weighted by Crippen LogP contribution is -2.33. The molecule has 0 aromatic rings. The molecule has 6 heteroatoms. The van der Waals surface area contributed by atoms with Crippen LogP contribution in [0.3, 0.4) is 0 Å². The third-order valence-electron chi connectivity index (χ3n) is 2.14. The second kappa shape index (κ2) is 7.23. The van der Waals surface area contributed by atoms with E-state index in [1.807, 2.05) is 6.92 Å². The van der Waals surface area contributed by atoms with Crippen LogP contribution in [0.25, 0.3) is 0 Å². The van der Waals surface area contributed by atoms with Crippen molar-refractivity contribution in [1.82, 2.24) is 4.90 Å². The number of hydrogen-bond donors (Lipinski definition) is 0. The molecule has 16 heavy (non-hydrogen) atoms. The fourth-order valence-electron chi connectivity index (χ4n) is 1.09. The first-order valence-corrected chi connectivity index (χ1v) is 7.06. The van der Waals surface area contributed by atoms with Gasteiger partial charge in [0.2, 0.25) is 5.91 Å². The zero-order valence-corrected chi connectivity index (χ0v) is 10.6. The van der Waals surface area contributed by atoms with Crippen LogP contribution in [-0.4, -0.2) is 44.3 Å². The van der Waals surface area contributed by atoms with Crippen molar-refractivity contribution in [2.45, 2.75) is 26.2 Å². The third kappa shape index (κ3) is 6.40. The van der Waals surface area contributed by atoms with Gasteiger partial charge in [-0.3, -0.25) is 4.79 Å². The second-order valence-electron chi connectivity index (χ2n) is 3.67. The highest BCUT2D eigenvalue weighted by Crippen LogP contribution is 1.98. The molecule has 0 radical (unpaired) electrons. The lowest BCUT2D eigenvalue weighted by Gasteiger charge is -2.16. The number of carbonyl (C=O) groups excluding carboxylic acids is 1. The average molecular weight is 246 g/mol. The van der Waals surface area contributed by atoms with Gasteiger partial charge in [-0.05, 0) is 6.42 Å². The quantitative estimate of drug-likeness (QED) is 0.658. The Morgan fingerprint density at radius 1 is 1.44 bits per heavy atom. The van der Waals surface area contributed by atoms with Crippen LogP contribution < -0.4 is 0 Å². The molecule has 0 rings (SSSR count). The van der Waals surface area contributed by atoms with E-state index in [-0.39, 0.29) is 12.2 Å². The summed E-state index contributed by atoms with van der Waals surface area (Å²) in [5.41, 5.74) is 0. The van der Waals surface area contributed by atoms with Crippen LogP contribution in [-0.2, 0) is 14.6 Å². The summed E-state index contributed by atoms with van der Waals surface area (Å²) in [5.74, 6) is -1.13. The summed E-state index contributed by atoms with van der Waals surface area (Å²) >= 11 is 0. The van der Waals surface area contributed by atoms with Gasteiger partial charge in [0.15, 0.2) is 9.84 Å². The van der Waals surface area contributed by atoms with E-state index < -0.39 is 21.5 Å².